The second-order valence-electron chi connectivity index (χ2n) is 12.2. The first-order valence-corrected chi connectivity index (χ1v) is 14.3. The highest BCUT2D eigenvalue weighted by Gasteiger charge is 2.27. The minimum absolute atomic E-state index is 0.0701. The summed E-state index contributed by atoms with van der Waals surface area (Å²) >= 11 is 0. The maximum absolute atomic E-state index is 13.1. The lowest BCUT2D eigenvalue weighted by Crippen LogP contribution is -2.29. The van der Waals surface area contributed by atoms with Crippen molar-refractivity contribution in [1.82, 2.24) is 40.2 Å². The lowest BCUT2D eigenvalue weighted by molar-refractivity contribution is 0.0921. The molecule has 6 rings (SSSR count). The summed E-state index contributed by atoms with van der Waals surface area (Å²) in [6, 6.07) is 8.66. The van der Waals surface area contributed by atoms with Crippen molar-refractivity contribution in [3.05, 3.63) is 65.2 Å². The highest BCUT2D eigenvalue weighted by atomic mass is 16.5. The van der Waals surface area contributed by atoms with Crippen LogP contribution in [-0.2, 0) is 11.8 Å². The van der Waals surface area contributed by atoms with Crippen molar-refractivity contribution in [3.8, 4) is 22.5 Å². The van der Waals surface area contributed by atoms with Gasteiger partial charge in [-0.3, -0.25) is 9.48 Å². The molecular weight excluding hydrogens is 516 g/mol. The number of carbonyl (C=O) groups excluding carboxylic acids is 1. The Balaban J connectivity index is 1.31. The number of nitrogens with zero attached hydrogens (tertiary/aromatic N) is 6. The molecule has 0 saturated heterocycles. The Bertz CT molecular complexity index is 1740. The molecule has 2 N–H and O–H groups in total. The predicted octanol–water partition coefficient (Wildman–Crippen LogP) is 6.26. The fourth-order valence-corrected chi connectivity index (χ4v) is 5.40. The quantitative estimate of drug-likeness (QED) is 0.247. The molecule has 1 atom stereocenters. The molecule has 10 nitrogen and oxygen atoms in total. The molecule has 5 aromatic rings. The molecule has 4 aromatic heterocycles. The normalized spacial score (nSPS) is 15.7. The maximum atomic E-state index is 13.1. The zero-order valence-corrected chi connectivity index (χ0v) is 24.4. The van der Waals surface area contributed by atoms with Crippen LogP contribution < -0.4 is 5.32 Å². The summed E-state index contributed by atoms with van der Waals surface area (Å²) in [5.41, 5.74) is 7.62. The van der Waals surface area contributed by atoms with Crippen LogP contribution >= 0.6 is 0 Å². The fourth-order valence-electron chi connectivity index (χ4n) is 5.40. The van der Waals surface area contributed by atoms with E-state index in [1.54, 1.807) is 6.20 Å². The molecule has 41 heavy (non-hydrogen) atoms. The lowest BCUT2D eigenvalue weighted by atomic mass is 9.94. The van der Waals surface area contributed by atoms with Crippen molar-refractivity contribution < 1.29 is 9.32 Å². The number of rotatable bonds is 5. The number of aromatic nitrogens is 7. The van der Waals surface area contributed by atoms with Crippen LogP contribution in [0.15, 0.2) is 41.2 Å². The number of imidazole rings is 1. The predicted molar refractivity (Wildman–Crippen MR) is 156 cm³/mol. The van der Waals surface area contributed by atoms with Gasteiger partial charge < -0.3 is 14.8 Å². The van der Waals surface area contributed by atoms with Crippen LogP contribution in [0.1, 0.15) is 99.3 Å². The number of benzene rings is 1. The molecule has 0 radical (unpaired) electrons. The van der Waals surface area contributed by atoms with Crippen LogP contribution in [-0.4, -0.2) is 40.8 Å². The van der Waals surface area contributed by atoms with Gasteiger partial charge in [-0.1, -0.05) is 50.5 Å². The molecule has 0 saturated carbocycles. The molecular formula is C31H36N8O2. The number of hydrogen-bond acceptors (Lipinski definition) is 7. The van der Waals surface area contributed by atoms with E-state index in [9.17, 15) is 4.79 Å². The van der Waals surface area contributed by atoms with Gasteiger partial charge in [0.25, 0.3) is 11.7 Å². The summed E-state index contributed by atoms with van der Waals surface area (Å²) in [4.78, 5) is 30.3. The van der Waals surface area contributed by atoms with E-state index in [0.29, 0.717) is 11.5 Å². The van der Waals surface area contributed by atoms with Crippen LogP contribution in [0.5, 0.6) is 0 Å². The molecule has 212 valence electrons. The maximum Gasteiger partial charge on any atom is 0.293 e. The first kappa shape index (κ1) is 26.9. The zero-order valence-electron chi connectivity index (χ0n) is 24.4. The number of nitrogens with one attached hydrogen (secondary N) is 2. The third kappa shape index (κ3) is 5.14. The van der Waals surface area contributed by atoms with Crippen LogP contribution in [0.3, 0.4) is 0 Å². The van der Waals surface area contributed by atoms with E-state index in [2.05, 4.69) is 62.6 Å². The molecule has 0 spiro atoms. The second-order valence-corrected chi connectivity index (χ2v) is 12.2. The fraction of sp³-hybridized carbons (Fsp3) is 0.419. The smallest absolute Gasteiger partial charge is 0.293 e. The van der Waals surface area contributed by atoms with Crippen molar-refractivity contribution in [2.45, 2.75) is 84.7 Å². The van der Waals surface area contributed by atoms with Crippen LogP contribution in [0, 0.1) is 6.92 Å². The third-order valence-electron chi connectivity index (χ3n) is 7.69. The van der Waals surface area contributed by atoms with Gasteiger partial charge in [0.15, 0.2) is 5.65 Å². The monoisotopic (exact) mass is 552 g/mol. The van der Waals surface area contributed by atoms with E-state index in [0.717, 1.165) is 65.0 Å². The van der Waals surface area contributed by atoms with E-state index >= 15 is 0 Å². The van der Waals surface area contributed by atoms with Crippen LogP contribution in [0.2, 0.25) is 0 Å². The van der Waals surface area contributed by atoms with E-state index in [1.807, 2.05) is 44.6 Å². The van der Waals surface area contributed by atoms with Gasteiger partial charge in [0.2, 0.25) is 5.89 Å². The standard InChI is InChI=1S/C31H36N8O2/c1-17(2)39-16-23(18(3)37-39)26-34-25-22(13-14-32-27(25)35-26)20-11-12-21-19(15-20)9-7-8-10-24(21)33-29(40)28-36-30(41-38-28)31(4,5)6/h11-17,24H,7-10H2,1-6H3,(H,33,40)(H,32,34,35). The summed E-state index contributed by atoms with van der Waals surface area (Å²) in [5.74, 6) is 0.963. The minimum atomic E-state index is -0.320. The number of H-pyrrole nitrogens is 1. The lowest BCUT2D eigenvalue weighted by Gasteiger charge is -2.19. The Labute approximate surface area is 239 Å². The van der Waals surface area contributed by atoms with Gasteiger partial charge in [0.1, 0.15) is 5.82 Å². The van der Waals surface area contributed by atoms with Gasteiger partial charge in [-0.25, -0.2) is 9.97 Å². The Hall–Kier alpha value is -4.34. The number of pyridine rings is 1. The van der Waals surface area contributed by atoms with Crippen LogP contribution in [0.4, 0.5) is 0 Å². The third-order valence-corrected chi connectivity index (χ3v) is 7.69. The average molecular weight is 553 g/mol. The minimum Gasteiger partial charge on any atom is -0.342 e. The molecule has 1 aliphatic rings. The van der Waals surface area contributed by atoms with E-state index < -0.39 is 0 Å². The Kier molecular flexibility index (Phi) is 6.71. The summed E-state index contributed by atoms with van der Waals surface area (Å²) in [6.07, 6.45) is 7.71. The number of fused-ring (bicyclic) bond motifs is 2. The molecule has 1 unspecified atom stereocenters. The SMILES string of the molecule is Cc1nn(C(C)C)cc1-c1nc2nccc(-c3ccc4c(c3)CCCCC4NC(=O)c3noc(C(C)(C)C)n3)c2[nH]1. The summed E-state index contributed by atoms with van der Waals surface area (Å²) in [6.45, 7) is 12.1. The molecule has 0 aliphatic heterocycles. The highest BCUT2D eigenvalue weighted by molar-refractivity contribution is 5.92. The number of hydrogen-bond donors (Lipinski definition) is 2. The van der Waals surface area contributed by atoms with Gasteiger partial charge >= 0.3 is 0 Å². The van der Waals surface area contributed by atoms with Crippen molar-refractivity contribution >= 4 is 17.1 Å². The summed E-state index contributed by atoms with van der Waals surface area (Å²) < 4.78 is 7.30. The van der Waals surface area contributed by atoms with Crippen LogP contribution in [0.25, 0.3) is 33.7 Å². The molecule has 1 aromatic carbocycles. The first-order valence-electron chi connectivity index (χ1n) is 14.3. The van der Waals surface area contributed by atoms with Crippen molar-refractivity contribution in [2.75, 3.05) is 0 Å². The second kappa shape index (κ2) is 10.2. The van der Waals surface area contributed by atoms with E-state index in [-0.39, 0.29) is 29.2 Å². The molecule has 0 bridgehead atoms. The van der Waals surface area contributed by atoms with E-state index in [1.165, 1.54) is 5.56 Å². The van der Waals surface area contributed by atoms with Gasteiger partial charge in [0.05, 0.1) is 22.8 Å². The number of amides is 1. The van der Waals surface area contributed by atoms with Crippen molar-refractivity contribution in [1.29, 1.82) is 0 Å². The van der Waals surface area contributed by atoms with Crippen molar-refractivity contribution in [2.24, 2.45) is 0 Å². The number of carbonyl (C=O) groups is 1. The zero-order chi connectivity index (χ0) is 28.9. The van der Waals surface area contributed by atoms with Gasteiger partial charge in [-0.05, 0) is 62.8 Å². The summed E-state index contributed by atoms with van der Waals surface area (Å²) in [7, 11) is 0. The molecule has 0 fully saturated rings. The van der Waals surface area contributed by atoms with Crippen molar-refractivity contribution in [3.63, 3.8) is 0 Å². The average Bonchev–Trinajstić information content (AvgIpc) is 3.65. The number of aromatic amines is 1. The molecule has 4 heterocycles. The Morgan fingerprint density at radius 3 is 2.71 bits per heavy atom. The largest absolute Gasteiger partial charge is 0.342 e. The molecule has 1 aliphatic carbocycles. The van der Waals surface area contributed by atoms with E-state index in [4.69, 9.17) is 9.51 Å². The van der Waals surface area contributed by atoms with Gasteiger partial charge in [-0.15, -0.1) is 0 Å². The summed E-state index contributed by atoms with van der Waals surface area (Å²) in [5, 5.41) is 11.7. The topological polar surface area (TPSA) is 127 Å². The van der Waals surface area contributed by atoms with Gasteiger partial charge in [0, 0.05) is 29.4 Å². The first-order chi connectivity index (χ1) is 19.6. The Morgan fingerprint density at radius 2 is 1.98 bits per heavy atom. The Morgan fingerprint density at radius 1 is 1.15 bits per heavy atom. The molecule has 10 heteroatoms. The molecule has 1 amide bonds. The number of aryl methyl sites for hydroxylation is 2. The highest BCUT2D eigenvalue weighted by Crippen LogP contribution is 2.35. The van der Waals surface area contributed by atoms with Gasteiger partial charge in [-0.2, -0.15) is 10.1 Å².